The first kappa shape index (κ1) is 19.7. The van der Waals surface area contributed by atoms with Crippen molar-refractivity contribution in [1.82, 2.24) is 4.90 Å². The molecule has 0 fully saturated rings. The molecule has 0 radical (unpaired) electrons. The van der Waals surface area contributed by atoms with Crippen LogP contribution in [-0.2, 0) is 4.79 Å². The third-order valence-electron chi connectivity index (χ3n) is 4.97. The molecule has 0 saturated heterocycles. The molecule has 0 saturated carbocycles. The van der Waals surface area contributed by atoms with Crippen molar-refractivity contribution in [3.8, 4) is 0 Å². The van der Waals surface area contributed by atoms with Crippen LogP contribution in [-0.4, -0.2) is 38.0 Å². The summed E-state index contributed by atoms with van der Waals surface area (Å²) < 4.78 is 0. The molecule has 3 aromatic rings. The topological polar surface area (TPSA) is 56.4 Å². The predicted octanol–water partition coefficient (Wildman–Crippen LogP) is 4.59. The quantitative estimate of drug-likeness (QED) is 0.568. The van der Waals surface area contributed by atoms with Gasteiger partial charge < -0.3 is 20.9 Å². The van der Waals surface area contributed by atoms with E-state index in [4.69, 9.17) is 0 Å². The van der Waals surface area contributed by atoms with Gasteiger partial charge in [-0.15, -0.1) is 0 Å². The summed E-state index contributed by atoms with van der Waals surface area (Å²) in [4.78, 5) is 13.8. The van der Waals surface area contributed by atoms with Gasteiger partial charge in [-0.2, -0.15) is 0 Å². The van der Waals surface area contributed by atoms with Crippen LogP contribution >= 0.6 is 0 Å². The summed E-state index contributed by atoms with van der Waals surface area (Å²) in [6, 6.07) is 26.6. The Labute approximate surface area is 177 Å². The Morgan fingerprint density at radius 1 is 0.867 bits per heavy atom. The van der Waals surface area contributed by atoms with Gasteiger partial charge in [-0.1, -0.05) is 48.5 Å². The van der Waals surface area contributed by atoms with Gasteiger partial charge in [-0.05, 0) is 50.0 Å². The molecule has 0 spiro atoms. The van der Waals surface area contributed by atoms with Gasteiger partial charge in [0.05, 0.1) is 12.2 Å². The number of benzene rings is 3. The van der Waals surface area contributed by atoms with Gasteiger partial charge in [0.25, 0.3) is 0 Å². The van der Waals surface area contributed by atoms with Crippen molar-refractivity contribution in [2.75, 3.05) is 43.1 Å². The van der Waals surface area contributed by atoms with Gasteiger partial charge >= 0.3 is 0 Å². The van der Waals surface area contributed by atoms with Gasteiger partial charge in [-0.25, -0.2) is 0 Å². The first-order chi connectivity index (χ1) is 14.6. The Kier molecular flexibility index (Phi) is 5.82. The zero-order chi connectivity index (χ0) is 20.9. The summed E-state index contributed by atoms with van der Waals surface area (Å²) in [5.41, 5.74) is 7.58. The van der Waals surface area contributed by atoms with Crippen LogP contribution in [0.5, 0.6) is 0 Å². The highest BCUT2D eigenvalue weighted by molar-refractivity contribution is 6.02. The van der Waals surface area contributed by atoms with E-state index in [1.807, 2.05) is 55.4 Å². The number of nitrogens with zero attached hydrogens (tertiary/aromatic N) is 1. The molecular formula is C25H26N4O. The minimum absolute atomic E-state index is 0.0264. The maximum atomic E-state index is 12.0. The average molecular weight is 399 g/mol. The number of amides is 1. The van der Waals surface area contributed by atoms with Crippen molar-refractivity contribution >= 4 is 34.2 Å². The fraction of sp³-hybridized carbons (Fsp3) is 0.160. The molecule has 1 heterocycles. The lowest BCUT2D eigenvalue weighted by molar-refractivity contribution is -0.116. The molecule has 3 N–H and O–H groups in total. The molecule has 1 aliphatic heterocycles. The van der Waals surface area contributed by atoms with Crippen LogP contribution in [0.4, 0.5) is 17.1 Å². The third-order valence-corrected chi connectivity index (χ3v) is 4.97. The number of fused-ring (bicyclic) bond motifs is 1. The molecule has 152 valence electrons. The second-order valence-corrected chi connectivity index (χ2v) is 7.61. The Hall–Kier alpha value is -3.57. The summed E-state index contributed by atoms with van der Waals surface area (Å²) in [5, 5.41) is 10.0. The number of likely N-dealkylation sites (N-methyl/N-ethyl adjacent to an activating group) is 1. The average Bonchev–Trinajstić information content (AvgIpc) is 3.17. The van der Waals surface area contributed by atoms with Crippen LogP contribution in [0.2, 0.25) is 0 Å². The minimum Gasteiger partial charge on any atom is -0.380 e. The molecule has 3 aromatic carbocycles. The Morgan fingerprint density at radius 2 is 1.50 bits per heavy atom. The second-order valence-electron chi connectivity index (χ2n) is 7.61. The highest BCUT2D eigenvalue weighted by atomic mass is 16.2. The van der Waals surface area contributed by atoms with Gasteiger partial charge in [0.1, 0.15) is 0 Å². The zero-order valence-corrected chi connectivity index (χ0v) is 17.3. The largest absolute Gasteiger partial charge is 0.380 e. The van der Waals surface area contributed by atoms with E-state index in [1.54, 1.807) is 0 Å². The molecule has 4 rings (SSSR count). The lowest BCUT2D eigenvalue weighted by atomic mass is 10.0. The monoisotopic (exact) mass is 398 g/mol. The highest BCUT2D eigenvalue weighted by Crippen LogP contribution is 2.36. The predicted molar refractivity (Wildman–Crippen MR) is 125 cm³/mol. The number of hydrogen-bond acceptors (Lipinski definition) is 4. The minimum atomic E-state index is -0.0264. The van der Waals surface area contributed by atoms with Crippen LogP contribution in [0, 0.1) is 0 Å². The number of hydrogen-bond donors (Lipinski definition) is 3. The molecule has 5 heteroatoms. The first-order valence-electron chi connectivity index (χ1n) is 10.0. The summed E-state index contributed by atoms with van der Waals surface area (Å²) in [5.74, 6) is -0.0264. The number of carbonyl (C=O) groups excluding carboxylic acids is 1. The molecule has 0 atom stereocenters. The van der Waals surface area contributed by atoms with Crippen LogP contribution in [0.15, 0.2) is 78.9 Å². The van der Waals surface area contributed by atoms with Gasteiger partial charge in [-0.3, -0.25) is 4.79 Å². The van der Waals surface area contributed by atoms with Crippen molar-refractivity contribution in [1.29, 1.82) is 0 Å². The van der Waals surface area contributed by atoms with E-state index in [0.29, 0.717) is 6.54 Å². The highest BCUT2D eigenvalue weighted by Gasteiger charge is 2.20. The zero-order valence-electron chi connectivity index (χ0n) is 17.3. The molecule has 5 nitrogen and oxygen atoms in total. The van der Waals surface area contributed by atoms with Gasteiger partial charge in [0, 0.05) is 34.7 Å². The summed E-state index contributed by atoms with van der Waals surface area (Å²) >= 11 is 0. The molecule has 0 unspecified atom stereocenters. The Balaban J connectivity index is 1.61. The maximum absolute atomic E-state index is 12.0. The van der Waals surface area contributed by atoms with Crippen molar-refractivity contribution < 1.29 is 4.79 Å². The van der Waals surface area contributed by atoms with Crippen LogP contribution < -0.4 is 16.0 Å². The Bertz CT molecular complexity index is 1060. The Morgan fingerprint density at radius 3 is 2.20 bits per heavy atom. The summed E-state index contributed by atoms with van der Waals surface area (Å²) in [6.07, 6.45) is 0. The van der Waals surface area contributed by atoms with Gasteiger partial charge in [0.2, 0.25) is 5.91 Å². The molecular weight excluding hydrogens is 372 g/mol. The van der Waals surface area contributed by atoms with E-state index >= 15 is 0 Å². The van der Waals surface area contributed by atoms with E-state index in [-0.39, 0.29) is 5.91 Å². The SMILES string of the molecule is CN(C)CC(=O)Nc1ccc(N/C(=C2\CNc3ccccc32)c2ccccc2)cc1. The normalized spacial score (nSPS) is 14.1. The molecule has 30 heavy (non-hydrogen) atoms. The standard InChI is InChI=1S/C25H26N4O/c1-29(2)17-24(30)27-19-12-14-20(15-13-19)28-25(18-8-4-3-5-9-18)22-16-26-23-11-7-6-10-21(22)23/h3-15,26,28H,16-17H2,1-2H3,(H,27,30)/b25-22+. The van der Waals surface area contributed by atoms with Crippen molar-refractivity contribution in [2.24, 2.45) is 0 Å². The first-order valence-corrected chi connectivity index (χ1v) is 10.0. The van der Waals surface area contributed by atoms with Crippen LogP contribution in [0.3, 0.4) is 0 Å². The molecule has 1 amide bonds. The van der Waals surface area contributed by atoms with Crippen LogP contribution in [0.1, 0.15) is 11.1 Å². The summed E-state index contributed by atoms with van der Waals surface area (Å²) in [6.45, 7) is 1.13. The van der Waals surface area contributed by atoms with E-state index < -0.39 is 0 Å². The molecule has 0 aromatic heterocycles. The van der Waals surface area contributed by atoms with Crippen LogP contribution in [0.25, 0.3) is 11.3 Å². The van der Waals surface area contributed by atoms with E-state index in [9.17, 15) is 4.79 Å². The fourth-order valence-electron chi connectivity index (χ4n) is 3.60. The number of nitrogens with one attached hydrogen (secondary N) is 3. The van der Waals surface area contributed by atoms with E-state index in [1.165, 1.54) is 11.1 Å². The molecule has 1 aliphatic rings. The van der Waals surface area contributed by atoms with Crippen molar-refractivity contribution in [3.63, 3.8) is 0 Å². The molecule has 0 bridgehead atoms. The maximum Gasteiger partial charge on any atom is 0.238 e. The van der Waals surface area contributed by atoms with E-state index in [2.05, 4.69) is 58.4 Å². The number of para-hydroxylation sites is 1. The van der Waals surface area contributed by atoms with E-state index in [0.717, 1.165) is 34.9 Å². The fourth-order valence-corrected chi connectivity index (χ4v) is 3.60. The number of rotatable bonds is 6. The second kappa shape index (κ2) is 8.84. The van der Waals surface area contributed by atoms with Crippen molar-refractivity contribution in [2.45, 2.75) is 0 Å². The number of carbonyl (C=O) groups is 1. The molecule has 0 aliphatic carbocycles. The smallest absolute Gasteiger partial charge is 0.238 e. The van der Waals surface area contributed by atoms with Gasteiger partial charge in [0.15, 0.2) is 0 Å². The lowest BCUT2D eigenvalue weighted by Gasteiger charge is -2.16. The number of anilines is 3. The lowest BCUT2D eigenvalue weighted by Crippen LogP contribution is -2.27. The van der Waals surface area contributed by atoms with Crippen molar-refractivity contribution in [3.05, 3.63) is 90.0 Å². The third kappa shape index (κ3) is 4.53. The summed E-state index contributed by atoms with van der Waals surface area (Å²) in [7, 11) is 3.75.